The van der Waals surface area contributed by atoms with Crippen molar-refractivity contribution in [2.24, 2.45) is 0 Å². The zero-order valence-corrected chi connectivity index (χ0v) is 11.0. The molecule has 0 atom stereocenters. The van der Waals surface area contributed by atoms with E-state index in [1.54, 1.807) is 6.92 Å². The van der Waals surface area contributed by atoms with Gasteiger partial charge in [0.25, 0.3) is 0 Å². The van der Waals surface area contributed by atoms with Crippen molar-refractivity contribution in [1.82, 2.24) is 29.7 Å². The predicted octanol–water partition coefficient (Wildman–Crippen LogP) is 1.66. The summed E-state index contributed by atoms with van der Waals surface area (Å²) in [5.74, 6) is 0.320. The Hall–Kier alpha value is -2.55. The molecule has 10 heteroatoms. The van der Waals surface area contributed by atoms with E-state index in [4.69, 9.17) is 11.6 Å². The summed E-state index contributed by atoms with van der Waals surface area (Å²) < 4.78 is 1.22. The van der Waals surface area contributed by atoms with E-state index >= 15 is 0 Å². The Morgan fingerprint density at radius 2 is 2.25 bits per heavy atom. The molecule has 3 aromatic rings. The lowest BCUT2D eigenvalue weighted by atomic mass is 10.3. The minimum Gasteiger partial charge on any atom is -0.340 e. The molecule has 0 unspecified atom stereocenters. The number of aromatic amines is 1. The summed E-state index contributed by atoms with van der Waals surface area (Å²) >= 11 is 6.07. The summed E-state index contributed by atoms with van der Waals surface area (Å²) in [4.78, 5) is 25.4. The van der Waals surface area contributed by atoms with E-state index in [0.717, 1.165) is 0 Å². The van der Waals surface area contributed by atoms with E-state index < -0.39 is 4.92 Å². The van der Waals surface area contributed by atoms with Crippen LogP contribution in [-0.2, 0) is 6.42 Å². The molecule has 0 aliphatic carbocycles. The molecular weight excluding hydrogens is 286 g/mol. The average Bonchev–Trinajstić information content (AvgIpc) is 3.02. The molecule has 0 radical (unpaired) electrons. The quantitative estimate of drug-likeness (QED) is 0.580. The van der Waals surface area contributed by atoms with Crippen molar-refractivity contribution in [2.45, 2.75) is 13.3 Å². The number of nitrogens with one attached hydrogen (secondary N) is 1. The van der Waals surface area contributed by atoms with Gasteiger partial charge in [-0.05, 0) is 6.42 Å². The summed E-state index contributed by atoms with van der Waals surface area (Å²) in [5, 5.41) is 15.1. The smallest absolute Gasteiger partial charge is 0.329 e. The highest BCUT2D eigenvalue weighted by atomic mass is 35.5. The predicted molar refractivity (Wildman–Crippen MR) is 69.8 cm³/mol. The van der Waals surface area contributed by atoms with Crippen LogP contribution in [0.15, 0.2) is 12.7 Å². The van der Waals surface area contributed by atoms with E-state index in [9.17, 15) is 10.1 Å². The van der Waals surface area contributed by atoms with Crippen LogP contribution in [0.2, 0.25) is 5.15 Å². The van der Waals surface area contributed by atoms with Gasteiger partial charge in [0.15, 0.2) is 11.5 Å². The third kappa shape index (κ3) is 1.71. The van der Waals surface area contributed by atoms with Crippen LogP contribution in [0.5, 0.6) is 0 Å². The van der Waals surface area contributed by atoms with Crippen LogP contribution in [-0.4, -0.2) is 34.6 Å². The number of nitrogens with zero attached hydrogens (tertiary/aromatic N) is 6. The number of aryl methyl sites for hydroxylation is 1. The second-order valence-electron chi connectivity index (χ2n) is 3.91. The number of hydrogen-bond donors (Lipinski definition) is 1. The largest absolute Gasteiger partial charge is 0.340 e. The molecule has 0 saturated heterocycles. The molecule has 20 heavy (non-hydrogen) atoms. The first kappa shape index (κ1) is 12.5. The molecule has 0 aliphatic heterocycles. The number of rotatable bonds is 3. The van der Waals surface area contributed by atoms with Gasteiger partial charge in [-0.3, -0.25) is 10.1 Å². The van der Waals surface area contributed by atoms with Gasteiger partial charge in [0.2, 0.25) is 5.15 Å². The second-order valence-corrected chi connectivity index (χ2v) is 4.27. The number of hydrogen-bond acceptors (Lipinski definition) is 6. The molecule has 0 spiro atoms. The first-order chi connectivity index (χ1) is 9.63. The zero-order valence-electron chi connectivity index (χ0n) is 10.2. The number of H-pyrrole nitrogens is 1. The highest BCUT2D eigenvalue weighted by Crippen LogP contribution is 2.31. The van der Waals surface area contributed by atoms with Crippen molar-refractivity contribution >= 4 is 28.5 Å². The number of imidazole rings is 1. The van der Waals surface area contributed by atoms with Crippen LogP contribution in [0.3, 0.4) is 0 Å². The van der Waals surface area contributed by atoms with Gasteiger partial charge in [0.05, 0.1) is 11.3 Å². The van der Waals surface area contributed by atoms with Crippen molar-refractivity contribution in [2.75, 3.05) is 0 Å². The first-order valence-corrected chi connectivity index (χ1v) is 6.07. The normalized spacial score (nSPS) is 11.1. The van der Waals surface area contributed by atoms with Crippen molar-refractivity contribution in [3.8, 4) is 5.82 Å². The van der Waals surface area contributed by atoms with Crippen LogP contribution < -0.4 is 0 Å². The monoisotopic (exact) mass is 293 g/mol. The standard InChI is InChI=1S/C10H8ClN7O2/c1-2-5-7(18(19)20)8(11)17(16-5)10-6-9(13-3-12-6)14-4-15-10/h3-4H,2H2,1H3,(H,12,13,14,15). The van der Waals surface area contributed by atoms with Crippen molar-refractivity contribution in [3.63, 3.8) is 0 Å². The van der Waals surface area contributed by atoms with Gasteiger partial charge < -0.3 is 4.98 Å². The van der Waals surface area contributed by atoms with Crippen LogP contribution in [0.1, 0.15) is 12.6 Å². The lowest BCUT2D eigenvalue weighted by Gasteiger charge is -2.01. The SMILES string of the molecule is CCc1nn(-c2ncnc3nc[nH]c23)c(Cl)c1[N+](=O)[O-]. The summed E-state index contributed by atoms with van der Waals surface area (Å²) in [6.45, 7) is 1.77. The van der Waals surface area contributed by atoms with Gasteiger partial charge in [0, 0.05) is 0 Å². The number of nitro groups is 1. The fourth-order valence-electron chi connectivity index (χ4n) is 1.90. The highest BCUT2D eigenvalue weighted by molar-refractivity contribution is 6.32. The lowest BCUT2D eigenvalue weighted by molar-refractivity contribution is -0.385. The Morgan fingerprint density at radius 3 is 2.90 bits per heavy atom. The fourth-order valence-corrected chi connectivity index (χ4v) is 2.20. The molecule has 3 rings (SSSR count). The molecule has 0 saturated carbocycles. The Morgan fingerprint density at radius 1 is 1.45 bits per heavy atom. The molecule has 3 aromatic heterocycles. The minimum absolute atomic E-state index is 0.0959. The van der Waals surface area contributed by atoms with E-state index in [0.29, 0.717) is 29.1 Å². The van der Waals surface area contributed by atoms with Gasteiger partial charge in [-0.1, -0.05) is 18.5 Å². The molecule has 3 heterocycles. The van der Waals surface area contributed by atoms with E-state index in [1.807, 2.05) is 0 Å². The van der Waals surface area contributed by atoms with Gasteiger partial charge in [-0.25, -0.2) is 15.0 Å². The summed E-state index contributed by atoms with van der Waals surface area (Å²) in [6.07, 6.45) is 3.14. The summed E-state index contributed by atoms with van der Waals surface area (Å²) in [7, 11) is 0. The third-order valence-corrected chi connectivity index (χ3v) is 3.14. The number of fused-ring (bicyclic) bond motifs is 1. The summed E-state index contributed by atoms with van der Waals surface area (Å²) in [5.41, 5.74) is 1.03. The molecule has 0 aliphatic rings. The molecule has 9 nitrogen and oxygen atoms in total. The Labute approximate surface area is 116 Å². The van der Waals surface area contributed by atoms with Gasteiger partial charge in [-0.2, -0.15) is 9.78 Å². The zero-order chi connectivity index (χ0) is 14.3. The van der Waals surface area contributed by atoms with Crippen LogP contribution in [0.4, 0.5) is 5.69 Å². The molecule has 102 valence electrons. The van der Waals surface area contributed by atoms with Crippen molar-refractivity contribution in [3.05, 3.63) is 33.6 Å². The van der Waals surface area contributed by atoms with Crippen molar-refractivity contribution < 1.29 is 4.92 Å². The van der Waals surface area contributed by atoms with Crippen LogP contribution in [0, 0.1) is 10.1 Å². The van der Waals surface area contributed by atoms with Crippen LogP contribution in [0.25, 0.3) is 17.0 Å². The van der Waals surface area contributed by atoms with Gasteiger partial charge in [0.1, 0.15) is 17.5 Å². The third-order valence-electron chi connectivity index (χ3n) is 2.80. The first-order valence-electron chi connectivity index (χ1n) is 5.69. The maximum atomic E-state index is 11.1. The Kier molecular flexibility index (Phi) is 2.83. The number of halogens is 1. The Bertz CT molecular complexity index is 809. The molecule has 0 bridgehead atoms. The summed E-state index contributed by atoms with van der Waals surface area (Å²) in [6, 6.07) is 0. The Balaban J connectivity index is 2.30. The van der Waals surface area contributed by atoms with Gasteiger partial charge >= 0.3 is 5.69 Å². The van der Waals surface area contributed by atoms with Crippen molar-refractivity contribution in [1.29, 1.82) is 0 Å². The van der Waals surface area contributed by atoms with E-state index in [1.165, 1.54) is 17.3 Å². The molecule has 1 N–H and O–H groups in total. The topological polar surface area (TPSA) is 115 Å². The second kappa shape index (κ2) is 4.53. The fraction of sp³-hybridized carbons (Fsp3) is 0.200. The molecule has 0 amide bonds. The van der Waals surface area contributed by atoms with Gasteiger partial charge in [-0.15, -0.1) is 0 Å². The average molecular weight is 294 g/mol. The maximum Gasteiger partial charge on any atom is 0.329 e. The lowest BCUT2D eigenvalue weighted by Crippen LogP contribution is -2.02. The minimum atomic E-state index is -0.546. The molecule has 0 aromatic carbocycles. The van der Waals surface area contributed by atoms with Crippen LogP contribution >= 0.6 is 11.6 Å². The highest BCUT2D eigenvalue weighted by Gasteiger charge is 2.27. The van der Waals surface area contributed by atoms with E-state index in [2.05, 4.69) is 25.0 Å². The molecule has 0 fully saturated rings. The number of aromatic nitrogens is 6. The molecular formula is C10H8ClN7O2. The van der Waals surface area contributed by atoms with E-state index in [-0.39, 0.29) is 10.8 Å². The maximum absolute atomic E-state index is 11.1.